The zero-order chi connectivity index (χ0) is 17.8. The summed E-state index contributed by atoms with van der Waals surface area (Å²) in [5.74, 6) is -1.01. The minimum Gasteiger partial charge on any atom is -0.389 e. The Morgan fingerprint density at radius 1 is 0.731 bits per heavy atom. The Kier molecular flexibility index (Phi) is 4.58. The quantitative estimate of drug-likeness (QED) is 0.780. The van der Waals surface area contributed by atoms with E-state index in [2.05, 4.69) is 12.2 Å². The molecule has 0 aromatic rings. The molecular weight excluding hydrogens is 334 g/mol. The van der Waals surface area contributed by atoms with Gasteiger partial charge in [-0.05, 0) is 32.2 Å². The minimum absolute atomic E-state index is 0.160. The number of aliphatic hydroxyl groups excluding tert-OH is 1. The number of aliphatic hydroxyl groups is 1. The third-order valence-electron chi connectivity index (χ3n) is 7.10. The van der Waals surface area contributed by atoms with E-state index < -0.39 is 17.7 Å². The van der Waals surface area contributed by atoms with Gasteiger partial charge in [-0.2, -0.15) is 0 Å². The third kappa shape index (κ3) is 2.76. The summed E-state index contributed by atoms with van der Waals surface area (Å²) in [5.41, 5.74) is 0. The van der Waals surface area contributed by atoms with E-state index in [0.717, 1.165) is 57.9 Å². The molecule has 3 saturated carbocycles. The molecule has 6 atom stereocenters. The molecule has 0 radical (unpaired) electrons. The summed E-state index contributed by atoms with van der Waals surface area (Å²) in [5, 5.41) is 14.6. The van der Waals surface area contributed by atoms with Crippen LogP contribution < -0.4 is 5.32 Å². The monoisotopic (exact) mass is 367 g/mol. The highest BCUT2D eigenvalue weighted by molar-refractivity contribution is 5.11. The van der Waals surface area contributed by atoms with Crippen molar-refractivity contribution in [3.8, 4) is 0 Å². The Morgan fingerprint density at radius 3 is 1.73 bits per heavy atom. The van der Waals surface area contributed by atoms with E-state index in [1.165, 1.54) is 12.8 Å². The average molecular weight is 367 g/mol. The fourth-order valence-corrected chi connectivity index (χ4v) is 5.89. The summed E-state index contributed by atoms with van der Waals surface area (Å²) in [6, 6.07) is -0.171. The van der Waals surface area contributed by atoms with Crippen LogP contribution in [0.1, 0.15) is 71.1 Å². The summed E-state index contributed by atoms with van der Waals surface area (Å²) in [6.45, 7) is 2.85. The lowest BCUT2D eigenvalue weighted by molar-refractivity contribution is -0.221. The van der Waals surface area contributed by atoms with Crippen LogP contribution in [0.4, 0.5) is 0 Å². The molecule has 2 saturated heterocycles. The van der Waals surface area contributed by atoms with Crippen LogP contribution in [0.5, 0.6) is 0 Å². The molecule has 6 heteroatoms. The maximum absolute atomic E-state index is 11.1. The maximum Gasteiger partial charge on any atom is 0.169 e. The zero-order valence-corrected chi connectivity index (χ0v) is 15.8. The second-order valence-electron chi connectivity index (χ2n) is 8.85. The summed E-state index contributed by atoms with van der Waals surface area (Å²) >= 11 is 0. The van der Waals surface area contributed by atoms with E-state index in [-0.39, 0.29) is 30.5 Å². The number of fused-ring (bicyclic) bond motifs is 3. The Bertz CT molecular complexity index is 516. The van der Waals surface area contributed by atoms with Crippen LogP contribution in [-0.4, -0.2) is 59.8 Å². The van der Waals surface area contributed by atoms with Crippen molar-refractivity contribution < 1.29 is 24.1 Å². The lowest BCUT2D eigenvalue weighted by Crippen LogP contribution is -2.65. The van der Waals surface area contributed by atoms with Gasteiger partial charge in [0.05, 0.1) is 6.04 Å². The highest BCUT2D eigenvalue weighted by Gasteiger charge is 2.65. The van der Waals surface area contributed by atoms with Crippen molar-refractivity contribution in [2.75, 3.05) is 6.54 Å². The van der Waals surface area contributed by atoms with Gasteiger partial charge in [-0.15, -0.1) is 0 Å². The molecule has 2 heterocycles. The SMILES string of the molecule is CCN[C@H]1[C@@H](O)[C@@H]2OC3(CCCCC3)O[C@@H]2[C@H]2OC3(CCCCC3)O[C@@H]12. The van der Waals surface area contributed by atoms with Crippen LogP contribution in [0.25, 0.3) is 0 Å². The maximum atomic E-state index is 11.1. The molecule has 5 rings (SSSR count). The first-order valence-corrected chi connectivity index (χ1v) is 10.8. The van der Waals surface area contributed by atoms with Gasteiger partial charge in [0, 0.05) is 25.7 Å². The average Bonchev–Trinajstić information content (AvgIpc) is 3.19. The van der Waals surface area contributed by atoms with Gasteiger partial charge in [0.15, 0.2) is 11.6 Å². The van der Waals surface area contributed by atoms with Crippen LogP contribution >= 0.6 is 0 Å². The molecule has 0 aromatic carbocycles. The number of ether oxygens (including phenoxy) is 4. The van der Waals surface area contributed by atoms with Crippen LogP contribution in [0.2, 0.25) is 0 Å². The first kappa shape index (κ1) is 17.8. The molecule has 0 unspecified atom stereocenters. The number of likely N-dealkylation sites (N-methyl/N-ethyl adjacent to an activating group) is 1. The fourth-order valence-electron chi connectivity index (χ4n) is 5.89. The third-order valence-corrected chi connectivity index (χ3v) is 7.10. The van der Waals surface area contributed by atoms with Gasteiger partial charge in [0.25, 0.3) is 0 Å². The van der Waals surface area contributed by atoms with Crippen molar-refractivity contribution in [2.24, 2.45) is 0 Å². The number of rotatable bonds is 2. The van der Waals surface area contributed by atoms with E-state index in [1.54, 1.807) is 0 Å². The van der Waals surface area contributed by atoms with Crippen molar-refractivity contribution in [1.82, 2.24) is 5.32 Å². The fraction of sp³-hybridized carbons (Fsp3) is 1.00. The molecule has 0 amide bonds. The smallest absolute Gasteiger partial charge is 0.169 e. The second-order valence-corrected chi connectivity index (χ2v) is 8.85. The normalized spacial score (nSPS) is 46.4. The molecule has 2 spiro atoms. The van der Waals surface area contributed by atoms with E-state index in [1.807, 2.05) is 0 Å². The van der Waals surface area contributed by atoms with Gasteiger partial charge < -0.3 is 29.4 Å². The largest absolute Gasteiger partial charge is 0.389 e. The van der Waals surface area contributed by atoms with Gasteiger partial charge in [-0.1, -0.05) is 19.8 Å². The van der Waals surface area contributed by atoms with Crippen LogP contribution in [0.15, 0.2) is 0 Å². The predicted octanol–water partition coefficient (Wildman–Crippen LogP) is 2.23. The topological polar surface area (TPSA) is 69.2 Å². The van der Waals surface area contributed by atoms with E-state index in [0.29, 0.717) is 0 Å². The van der Waals surface area contributed by atoms with Crippen molar-refractivity contribution in [3.05, 3.63) is 0 Å². The lowest BCUT2D eigenvalue weighted by Gasteiger charge is -2.41. The number of hydrogen-bond acceptors (Lipinski definition) is 6. The summed E-state index contributed by atoms with van der Waals surface area (Å²) in [6.07, 6.45) is 9.21. The Hall–Kier alpha value is -0.240. The summed E-state index contributed by atoms with van der Waals surface area (Å²) in [7, 11) is 0. The molecule has 2 aliphatic heterocycles. The van der Waals surface area contributed by atoms with Crippen LogP contribution in [0, 0.1) is 0 Å². The standard InChI is InChI=1S/C20H33NO5/c1-2-21-13-14(22)16-18(26-20(24-16)11-7-4-8-12-20)17-15(13)23-19(25-17)9-5-3-6-10-19/h13-18,21-22H,2-12H2,1H3/t13-,14+,15-,16-,17-,18-/m0/s1. The Balaban J connectivity index is 1.44. The first-order chi connectivity index (χ1) is 12.7. The molecular formula is C20H33NO5. The van der Waals surface area contributed by atoms with Crippen LogP contribution in [0.3, 0.4) is 0 Å². The minimum atomic E-state index is -0.634. The first-order valence-electron chi connectivity index (χ1n) is 10.8. The van der Waals surface area contributed by atoms with Gasteiger partial charge in [-0.3, -0.25) is 0 Å². The van der Waals surface area contributed by atoms with Crippen molar-refractivity contribution in [3.63, 3.8) is 0 Å². The summed E-state index contributed by atoms with van der Waals surface area (Å²) < 4.78 is 26.1. The predicted molar refractivity (Wildman–Crippen MR) is 94.6 cm³/mol. The van der Waals surface area contributed by atoms with Crippen molar-refractivity contribution in [1.29, 1.82) is 0 Å². The Morgan fingerprint density at radius 2 is 1.19 bits per heavy atom. The molecule has 148 valence electrons. The van der Waals surface area contributed by atoms with E-state index >= 15 is 0 Å². The highest BCUT2D eigenvalue weighted by Crippen LogP contribution is 2.51. The summed E-state index contributed by atoms with van der Waals surface area (Å²) in [4.78, 5) is 0. The molecule has 3 aliphatic carbocycles. The molecule has 6 nitrogen and oxygen atoms in total. The number of nitrogens with one attached hydrogen (secondary N) is 1. The van der Waals surface area contributed by atoms with Gasteiger partial charge in [0.2, 0.25) is 0 Å². The van der Waals surface area contributed by atoms with Crippen LogP contribution in [-0.2, 0) is 18.9 Å². The highest BCUT2D eigenvalue weighted by atomic mass is 16.8. The van der Waals surface area contributed by atoms with Gasteiger partial charge >= 0.3 is 0 Å². The lowest BCUT2D eigenvalue weighted by atomic mass is 9.83. The van der Waals surface area contributed by atoms with Gasteiger partial charge in [-0.25, -0.2) is 0 Å². The Labute approximate surface area is 155 Å². The molecule has 26 heavy (non-hydrogen) atoms. The molecule has 5 fully saturated rings. The van der Waals surface area contributed by atoms with Crippen molar-refractivity contribution >= 4 is 0 Å². The van der Waals surface area contributed by atoms with E-state index in [9.17, 15) is 5.11 Å². The second kappa shape index (κ2) is 6.68. The molecule has 2 N–H and O–H groups in total. The molecule has 0 bridgehead atoms. The molecule has 5 aliphatic rings. The van der Waals surface area contributed by atoms with E-state index in [4.69, 9.17) is 18.9 Å². The molecule has 0 aromatic heterocycles. The van der Waals surface area contributed by atoms with Gasteiger partial charge in [0.1, 0.15) is 30.5 Å². The van der Waals surface area contributed by atoms with Crippen molar-refractivity contribution in [2.45, 2.75) is 119 Å². The zero-order valence-electron chi connectivity index (χ0n) is 15.8. The number of hydrogen-bond donors (Lipinski definition) is 2.